The Labute approximate surface area is 128 Å². The molecule has 1 fully saturated rings. The molecule has 0 aliphatic carbocycles. The van der Waals surface area contributed by atoms with Crippen molar-refractivity contribution in [1.82, 2.24) is 10.2 Å². The molecule has 0 bridgehead atoms. The summed E-state index contributed by atoms with van der Waals surface area (Å²) >= 11 is 0. The van der Waals surface area contributed by atoms with Gasteiger partial charge in [-0.05, 0) is 63.5 Å². The molecule has 1 N–H and O–H groups in total. The van der Waals surface area contributed by atoms with Crippen LogP contribution in [0, 0.1) is 5.82 Å². The number of hydrogen-bond donors (Lipinski definition) is 1. The normalized spacial score (nSPS) is 21.0. The molecule has 0 aromatic heterocycles. The van der Waals surface area contributed by atoms with Crippen LogP contribution in [0.25, 0.3) is 0 Å². The maximum atomic E-state index is 13.7. The van der Waals surface area contributed by atoms with Crippen molar-refractivity contribution < 1.29 is 4.39 Å². The number of likely N-dealkylation sites (N-methyl/N-ethyl adjacent to an activating group) is 1. The van der Waals surface area contributed by atoms with E-state index in [1.54, 1.807) is 6.07 Å². The largest absolute Gasteiger partial charge is 0.309 e. The van der Waals surface area contributed by atoms with Crippen molar-refractivity contribution in [2.24, 2.45) is 0 Å². The standard InChI is InChI=1S/C18H29FN2/c1-4-18(3,21-12-7-6-8-13-21)17(20-5-2)15-10-9-11-16(19)14-15/h9-11,14,17,20H,4-8,12-13H2,1-3H3. The highest BCUT2D eigenvalue weighted by molar-refractivity contribution is 5.24. The van der Waals surface area contributed by atoms with Gasteiger partial charge in [-0.2, -0.15) is 0 Å². The molecule has 1 heterocycles. The van der Waals surface area contributed by atoms with E-state index in [1.807, 2.05) is 12.1 Å². The van der Waals surface area contributed by atoms with Gasteiger partial charge in [0.2, 0.25) is 0 Å². The first-order valence-electron chi connectivity index (χ1n) is 8.35. The maximum absolute atomic E-state index is 13.7. The first-order valence-corrected chi connectivity index (χ1v) is 8.35. The highest BCUT2D eigenvalue weighted by Crippen LogP contribution is 2.36. The first-order chi connectivity index (χ1) is 10.1. The lowest BCUT2D eigenvalue weighted by Crippen LogP contribution is -2.56. The van der Waals surface area contributed by atoms with Gasteiger partial charge in [0.05, 0.1) is 6.04 Å². The van der Waals surface area contributed by atoms with Crippen LogP contribution in [0.3, 0.4) is 0 Å². The fourth-order valence-electron chi connectivity index (χ4n) is 3.60. The van der Waals surface area contributed by atoms with E-state index in [0.29, 0.717) is 0 Å². The molecule has 1 aliphatic heterocycles. The summed E-state index contributed by atoms with van der Waals surface area (Å²) in [7, 11) is 0. The second kappa shape index (κ2) is 7.37. The van der Waals surface area contributed by atoms with E-state index in [2.05, 4.69) is 31.0 Å². The molecule has 2 rings (SSSR count). The van der Waals surface area contributed by atoms with Crippen LogP contribution in [0.2, 0.25) is 0 Å². The Morgan fingerprint density at radius 1 is 1.24 bits per heavy atom. The van der Waals surface area contributed by atoms with Crippen LogP contribution < -0.4 is 5.32 Å². The molecular weight excluding hydrogens is 263 g/mol. The van der Waals surface area contributed by atoms with Crippen LogP contribution >= 0.6 is 0 Å². The number of piperidine rings is 1. The Morgan fingerprint density at radius 3 is 2.52 bits per heavy atom. The Morgan fingerprint density at radius 2 is 1.95 bits per heavy atom. The summed E-state index contributed by atoms with van der Waals surface area (Å²) in [4.78, 5) is 2.61. The van der Waals surface area contributed by atoms with Gasteiger partial charge in [-0.25, -0.2) is 4.39 Å². The minimum atomic E-state index is -0.146. The van der Waals surface area contributed by atoms with Crippen molar-refractivity contribution in [1.29, 1.82) is 0 Å². The van der Waals surface area contributed by atoms with E-state index in [-0.39, 0.29) is 17.4 Å². The molecule has 1 saturated heterocycles. The van der Waals surface area contributed by atoms with E-state index in [4.69, 9.17) is 0 Å². The van der Waals surface area contributed by atoms with E-state index < -0.39 is 0 Å². The van der Waals surface area contributed by atoms with Crippen LogP contribution in [-0.4, -0.2) is 30.1 Å². The zero-order valence-electron chi connectivity index (χ0n) is 13.7. The molecule has 1 aromatic carbocycles. The van der Waals surface area contributed by atoms with Crippen molar-refractivity contribution in [3.63, 3.8) is 0 Å². The Kier molecular flexibility index (Phi) is 5.77. The number of halogens is 1. The summed E-state index contributed by atoms with van der Waals surface area (Å²) in [5, 5.41) is 3.61. The summed E-state index contributed by atoms with van der Waals surface area (Å²) in [5.74, 6) is -0.146. The van der Waals surface area contributed by atoms with Gasteiger partial charge in [0.15, 0.2) is 0 Å². The predicted molar refractivity (Wildman–Crippen MR) is 86.9 cm³/mol. The maximum Gasteiger partial charge on any atom is 0.123 e. The van der Waals surface area contributed by atoms with Crippen molar-refractivity contribution in [3.8, 4) is 0 Å². The average Bonchev–Trinajstić information content (AvgIpc) is 2.52. The van der Waals surface area contributed by atoms with Gasteiger partial charge in [-0.15, -0.1) is 0 Å². The highest BCUT2D eigenvalue weighted by Gasteiger charge is 2.39. The molecule has 2 unspecified atom stereocenters. The van der Waals surface area contributed by atoms with Gasteiger partial charge in [0, 0.05) is 5.54 Å². The van der Waals surface area contributed by atoms with Crippen LogP contribution in [0.15, 0.2) is 24.3 Å². The summed E-state index contributed by atoms with van der Waals surface area (Å²) in [5.41, 5.74) is 1.09. The van der Waals surface area contributed by atoms with Crippen molar-refractivity contribution >= 4 is 0 Å². The molecule has 21 heavy (non-hydrogen) atoms. The second-order valence-electron chi connectivity index (χ2n) is 6.30. The smallest absolute Gasteiger partial charge is 0.123 e. The fraction of sp³-hybridized carbons (Fsp3) is 0.667. The molecule has 3 heteroatoms. The van der Waals surface area contributed by atoms with Crippen LogP contribution in [0.4, 0.5) is 4.39 Å². The topological polar surface area (TPSA) is 15.3 Å². The van der Waals surface area contributed by atoms with Crippen LogP contribution in [0.5, 0.6) is 0 Å². The van der Waals surface area contributed by atoms with Crippen molar-refractivity contribution in [2.75, 3.05) is 19.6 Å². The first kappa shape index (κ1) is 16.4. The fourth-order valence-corrected chi connectivity index (χ4v) is 3.60. The molecule has 1 aromatic rings. The van der Waals surface area contributed by atoms with Gasteiger partial charge in [0.25, 0.3) is 0 Å². The molecule has 118 valence electrons. The van der Waals surface area contributed by atoms with E-state index in [0.717, 1.165) is 31.6 Å². The quantitative estimate of drug-likeness (QED) is 0.848. The lowest BCUT2D eigenvalue weighted by atomic mass is 9.81. The highest BCUT2D eigenvalue weighted by atomic mass is 19.1. The van der Waals surface area contributed by atoms with Crippen LogP contribution in [-0.2, 0) is 0 Å². The second-order valence-corrected chi connectivity index (χ2v) is 6.30. The lowest BCUT2D eigenvalue weighted by Gasteiger charge is -2.48. The summed E-state index contributed by atoms with van der Waals surface area (Å²) < 4.78 is 13.7. The molecule has 0 amide bonds. The molecule has 0 saturated carbocycles. The molecule has 0 radical (unpaired) electrons. The Bertz CT molecular complexity index is 443. The Balaban J connectivity index is 2.32. The van der Waals surface area contributed by atoms with Gasteiger partial charge in [0.1, 0.15) is 5.82 Å². The molecular formula is C18H29FN2. The van der Waals surface area contributed by atoms with Gasteiger partial charge >= 0.3 is 0 Å². The third-order valence-electron chi connectivity index (χ3n) is 5.01. The lowest BCUT2D eigenvalue weighted by molar-refractivity contribution is 0.0428. The van der Waals surface area contributed by atoms with E-state index in [9.17, 15) is 4.39 Å². The Hall–Kier alpha value is -0.930. The number of likely N-dealkylation sites (tertiary alicyclic amines) is 1. The van der Waals surface area contributed by atoms with Crippen molar-refractivity contribution in [3.05, 3.63) is 35.6 Å². The van der Waals surface area contributed by atoms with Crippen LogP contribution in [0.1, 0.15) is 58.1 Å². The zero-order valence-corrected chi connectivity index (χ0v) is 13.7. The third kappa shape index (κ3) is 3.64. The molecule has 0 spiro atoms. The number of hydrogen-bond acceptors (Lipinski definition) is 2. The number of nitrogens with one attached hydrogen (secondary N) is 1. The minimum Gasteiger partial charge on any atom is -0.309 e. The van der Waals surface area contributed by atoms with Gasteiger partial charge < -0.3 is 5.32 Å². The van der Waals surface area contributed by atoms with E-state index >= 15 is 0 Å². The number of benzene rings is 1. The average molecular weight is 292 g/mol. The molecule has 2 atom stereocenters. The third-order valence-corrected chi connectivity index (χ3v) is 5.01. The summed E-state index contributed by atoms with van der Waals surface area (Å²) in [6, 6.07) is 7.25. The number of nitrogens with zero attached hydrogens (tertiary/aromatic N) is 1. The number of rotatable bonds is 6. The molecule has 2 nitrogen and oxygen atoms in total. The van der Waals surface area contributed by atoms with Gasteiger partial charge in [-0.1, -0.05) is 32.4 Å². The summed E-state index contributed by atoms with van der Waals surface area (Å²) in [6.07, 6.45) is 4.94. The van der Waals surface area contributed by atoms with Crippen molar-refractivity contribution in [2.45, 2.75) is 58.0 Å². The minimum absolute atomic E-state index is 0.0320. The van der Waals surface area contributed by atoms with Gasteiger partial charge in [-0.3, -0.25) is 4.90 Å². The SMILES string of the molecule is CCNC(c1cccc(F)c1)C(C)(CC)N1CCCCC1. The predicted octanol–water partition coefficient (Wildman–Crippen LogP) is 4.13. The monoisotopic (exact) mass is 292 g/mol. The summed E-state index contributed by atoms with van der Waals surface area (Å²) in [6.45, 7) is 9.90. The van der Waals surface area contributed by atoms with E-state index in [1.165, 1.54) is 25.3 Å². The molecule has 1 aliphatic rings. The zero-order chi connectivity index (χ0) is 15.3.